The maximum Gasteiger partial charge on any atom is 0.416 e. The van der Waals surface area contributed by atoms with Crippen molar-refractivity contribution in [3.8, 4) is 0 Å². The lowest BCUT2D eigenvalue weighted by atomic mass is 10.2. The summed E-state index contributed by atoms with van der Waals surface area (Å²) in [5.74, 6) is 0.199. The summed E-state index contributed by atoms with van der Waals surface area (Å²) >= 11 is 0. The number of nitrogens with zero attached hydrogens (tertiary/aromatic N) is 2. The van der Waals surface area contributed by atoms with Gasteiger partial charge in [-0.25, -0.2) is 4.98 Å². The van der Waals surface area contributed by atoms with Gasteiger partial charge in [0.05, 0.1) is 11.4 Å². The monoisotopic (exact) mass is 246 g/mol. The number of alkyl halides is 3. The van der Waals surface area contributed by atoms with Crippen LogP contribution in [0.2, 0.25) is 0 Å². The Bertz CT molecular complexity index is 403. The van der Waals surface area contributed by atoms with E-state index in [4.69, 9.17) is 11.1 Å². The number of amidine groups is 1. The Morgan fingerprint density at radius 2 is 2.18 bits per heavy atom. The highest BCUT2D eigenvalue weighted by Crippen LogP contribution is 2.30. The second-order valence-corrected chi connectivity index (χ2v) is 3.60. The van der Waals surface area contributed by atoms with Gasteiger partial charge >= 0.3 is 6.18 Å². The molecule has 0 aliphatic heterocycles. The van der Waals surface area contributed by atoms with Crippen molar-refractivity contribution in [1.29, 1.82) is 5.41 Å². The first-order valence-electron chi connectivity index (χ1n) is 4.88. The van der Waals surface area contributed by atoms with Crippen LogP contribution in [0.1, 0.15) is 12.0 Å². The average Bonchev–Trinajstić information content (AvgIpc) is 2.25. The van der Waals surface area contributed by atoms with Gasteiger partial charge in [-0.05, 0) is 12.1 Å². The maximum absolute atomic E-state index is 12.4. The van der Waals surface area contributed by atoms with Gasteiger partial charge in [0, 0.05) is 26.2 Å². The summed E-state index contributed by atoms with van der Waals surface area (Å²) in [5, 5.41) is 7.04. The first kappa shape index (κ1) is 13.3. The average molecular weight is 246 g/mol. The molecule has 4 nitrogen and oxygen atoms in total. The molecule has 0 bridgehead atoms. The van der Waals surface area contributed by atoms with E-state index in [0.717, 1.165) is 18.3 Å². The van der Waals surface area contributed by atoms with E-state index in [1.807, 2.05) is 0 Å². The largest absolute Gasteiger partial charge is 0.416 e. The summed E-state index contributed by atoms with van der Waals surface area (Å²) in [7, 11) is 1.60. The Hall–Kier alpha value is -1.79. The van der Waals surface area contributed by atoms with E-state index in [1.165, 1.54) is 4.90 Å². The SMILES string of the molecule is CN(CCC(=N)N)c1cc(C(F)(F)F)ccn1. The van der Waals surface area contributed by atoms with Crippen molar-refractivity contribution in [1.82, 2.24) is 4.98 Å². The van der Waals surface area contributed by atoms with Crippen molar-refractivity contribution in [2.24, 2.45) is 5.73 Å². The number of nitrogens with one attached hydrogen (secondary N) is 1. The van der Waals surface area contributed by atoms with Crippen LogP contribution in [-0.2, 0) is 6.18 Å². The molecule has 0 aromatic carbocycles. The fraction of sp³-hybridized carbons (Fsp3) is 0.400. The van der Waals surface area contributed by atoms with Crippen LogP contribution in [0.3, 0.4) is 0 Å². The highest BCUT2D eigenvalue weighted by molar-refractivity contribution is 5.77. The van der Waals surface area contributed by atoms with Crippen LogP contribution in [0.4, 0.5) is 19.0 Å². The molecule has 0 aliphatic rings. The molecular formula is C10H13F3N4. The second kappa shape index (κ2) is 5.03. The number of aromatic nitrogens is 1. The van der Waals surface area contributed by atoms with Crippen LogP contribution in [0.15, 0.2) is 18.3 Å². The van der Waals surface area contributed by atoms with Crippen LogP contribution in [-0.4, -0.2) is 24.4 Å². The molecule has 0 atom stereocenters. The molecule has 17 heavy (non-hydrogen) atoms. The third-order valence-electron chi connectivity index (χ3n) is 2.18. The zero-order valence-electron chi connectivity index (χ0n) is 9.25. The quantitative estimate of drug-likeness (QED) is 0.629. The van der Waals surface area contributed by atoms with Crippen molar-refractivity contribution in [3.63, 3.8) is 0 Å². The molecule has 0 fully saturated rings. The van der Waals surface area contributed by atoms with E-state index < -0.39 is 11.7 Å². The maximum atomic E-state index is 12.4. The Morgan fingerprint density at radius 3 is 2.71 bits per heavy atom. The predicted octanol–water partition coefficient (Wildman–Crippen LogP) is 1.86. The molecule has 0 spiro atoms. The van der Waals surface area contributed by atoms with Gasteiger partial charge < -0.3 is 10.6 Å². The summed E-state index contributed by atoms with van der Waals surface area (Å²) in [4.78, 5) is 5.37. The Balaban J connectivity index is 2.81. The number of anilines is 1. The number of hydrogen-bond acceptors (Lipinski definition) is 3. The minimum absolute atomic E-state index is 0.0103. The number of pyridine rings is 1. The summed E-state index contributed by atoms with van der Waals surface area (Å²) in [6.45, 7) is 0.351. The van der Waals surface area contributed by atoms with Crippen LogP contribution in [0, 0.1) is 5.41 Å². The number of rotatable bonds is 4. The van der Waals surface area contributed by atoms with Gasteiger partial charge in [0.1, 0.15) is 5.82 Å². The molecule has 3 N–H and O–H groups in total. The van der Waals surface area contributed by atoms with Crippen molar-refractivity contribution in [2.75, 3.05) is 18.5 Å². The lowest BCUT2D eigenvalue weighted by molar-refractivity contribution is -0.137. The standard InChI is InChI=1S/C10H13F3N4/c1-17(5-3-8(14)15)9-6-7(2-4-16-9)10(11,12)13/h2,4,6H,3,5H2,1H3,(H3,14,15). The van der Waals surface area contributed by atoms with E-state index in [2.05, 4.69) is 4.98 Å². The van der Waals surface area contributed by atoms with E-state index in [9.17, 15) is 13.2 Å². The molecule has 0 amide bonds. The summed E-state index contributed by atoms with van der Waals surface area (Å²) < 4.78 is 37.3. The van der Waals surface area contributed by atoms with Crippen LogP contribution >= 0.6 is 0 Å². The second-order valence-electron chi connectivity index (χ2n) is 3.60. The van der Waals surface area contributed by atoms with Crippen molar-refractivity contribution < 1.29 is 13.2 Å². The third kappa shape index (κ3) is 3.93. The van der Waals surface area contributed by atoms with Gasteiger partial charge in [0.25, 0.3) is 0 Å². The fourth-order valence-electron chi connectivity index (χ4n) is 1.21. The molecule has 1 aromatic heterocycles. The van der Waals surface area contributed by atoms with Crippen LogP contribution < -0.4 is 10.6 Å². The molecule has 0 saturated carbocycles. The first-order chi connectivity index (χ1) is 7.80. The van der Waals surface area contributed by atoms with Crippen molar-refractivity contribution in [3.05, 3.63) is 23.9 Å². The van der Waals surface area contributed by atoms with Gasteiger partial charge in [-0.15, -0.1) is 0 Å². The smallest absolute Gasteiger partial charge is 0.388 e. The Labute approximate surface area is 96.8 Å². The summed E-state index contributed by atoms with van der Waals surface area (Å²) in [5.41, 5.74) is 4.44. The molecule has 0 aliphatic carbocycles. The Kier molecular flexibility index (Phi) is 3.93. The number of halogens is 3. The fourth-order valence-corrected chi connectivity index (χ4v) is 1.21. The third-order valence-corrected chi connectivity index (χ3v) is 2.18. The lowest BCUT2D eigenvalue weighted by Gasteiger charge is -2.18. The van der Waals surface area contributed by atoms with Gasteiger partial charge in [-0.2, -0.15) is 13.2 Å². The highest BCUT2D eigenvalue weighted by atomic mass is 19.4. The molecule has 0 saturated heterocycles. The normalized spacial score (nSPS) is 11.3. The van der Waals surface area contributed by atoms with Gasteiger partial charge in [0.2, 0.25) is 0 Å². The minimum Gasteiger partial charge on any atom is -0.388 e. The van der Waals surface area contributed by atoms with Crippen LogP contribution in [0.25, 0.3) is 0 Å². The minimum atomic E-state index is -4.38. The molecule has 94 valence electrons. The molecule has 7 heteroatoms. The molecule has 0 unspecified atom stereocenters. The molecule has 1 aromatic rings. The predicted molar refractivity (Wildman–Crippen MR) is 59.0 cm³/mol. The number of hydrogen-bond donors (Lipinski definition) is 2. The van der Waals surface area contributed by atoms with Crippen molar-refractivity contribution >= 4 is 11.7 Å². The van der Waals surface area contributed by atoms with E-state index in [0.29, 0.717) is 6.54 Å². The van der Waals surface area contributed by atoms with Gasteiger partial charge in [0.15, 0.2) is 0 Å². The zero-order chi connectivity index (χ0) is 13.1. The molecule has 1 heterocycles. The summed E-state index contributed by atoms with van der Waals surface area (Å²) in [6.07, 6.45) is -2.98. The number of nitrogens with two attached hydrogens (primary N) is 1. The first-order valence-corrected chi connectivity index (χ1v) is 4.88. The Morgan fingerprint density at radius 1 is 1.53 bits per heavy atom. The van der Waals surface area contributed by atoms with Gasteiger partial charge in [-0.3, -0.25) is 5.41 Å². The zero-order valence-corrected chi connectivity index (χ0v) is 9.25. The molecular weight excluding hydrogens is 233 g/mol. The topological polar surface area (TPSA) is 66.0 Å². The molecule has 1 rings (SSSR count). The van der Waals surface area contributed by atoms with Gasteiger partial charge in [-0.1, -0.05) is 0 Å². The van der Waals surface area contributed by atoms with E-state index in [1.54, 1.807) is 7.05 Å². The van der Waals surface area contributed by atoms with E-state index >= 15 is 0 Å². The van der Waals surface area contributed by atoms with Crippen molar-refractivity contribution in [2.45, 2.75) is 12.6 Å². The molecule has 0 radical (unpaired) electrons. The van der Waals surface area contributed by atoms with E-state index in [-0.39, 0.29) is 18.1 Å². The highest BCUT2D eigenvalue weighted by Gasteiger charge is 2.30. The lowest BCUT2D eigenvalue weighted by Crippen LogP contribution is -2.24. The van der Waals surface area contributed by atoms with Crippen LogP contribution in [0.5, 0.6) is 0 Å². The summed E-state index contributed by atoms with van der Waals surface area (Å²) in [6, 6.07) is 1.89.